The Hall–Kier alpha value is -1.49. The summed E-state index contributed by atoms with van der Waals surface area (Å²) in [6.07, 6.45) is 4.10. The lowest BCUT2D eigenvalue weighted by Crippen LogP contribution is -2.32. The van der Waals surface area contributed by atoms with E-state index < -0.39 is 0 Å². The largest absolute Gasteiger partial charge is 0.494 e. The molecule has 1 aliphatic rings. The normalized spacial score (nSPS) is 14.3. The van der Waals surface area contributed by atoms with Gasteiger partial charge in [-0.2, -0.15) is 0 Å². The van der Waals surface area contributed by atoms with E-state index in [2.05, 4.69) is 11.9 Å². The number of unbranched alkanes of at least 4 members (excludes halogenated alkanes) is 1. The van der Waals surface area contributed by atoms with Gasteiger partial charge < -0.3 is 4.74 Å². The van der Waals surface area contributed by atoms with E-state index in [1.54, 1.807) is 4.90 Å². The molecule has 0 unspecified atom stereocenters. The highest BCUT2D eigenvalue weighted by Crippen LogP contribution is 2.18. The van der Waals surface area contributed by atoms with Crippen LogP contribution < -0.4 is 4.74 Å². The molecule has 0 aliphatic carbocycles. The van der Waals surface area contributed by atoms with Gasteiger partial charge in [-0.05, 0) is 36.9 Å². The zero-order valence-corrected chi connectivity index (χ0v) is 12.8. The molecule has 1 aromatic carbocycles. The van der Waals surface area contributed by atoms with Crippen LogP contribution in [-0.4, -0.2) is 41.9 Å². The van der Waals surface area contributed by atoms with Crippen molar-refractivity contribution in [1.29, 1.82) is 0 Å². The van der Waals surface area contributed by atoms with E-state index in [1.807, 2.05) is 30.5 Å². The van der Waals surface area contributed by atoms with Crippen LogP contribution >= 0.6 is 11.8 Å². The molecule has 0 aromatic heterocycles. The summed E-state index contributed by atoms with van der Waals surface area (Å²) >= 11 is 1.51. The van der Waals surface area contributed by atoms with Crippen molar-refractivity contribution < 1.29 is 9.53 Å². The first kappa shape index (κ1) is 14.9. The molecule has 0 fully saturated rings. The van der Waals surface area contributed by atoms with Crippen molar-refractivity contribution in [1.82, 2.24) is 4.90 Å². The number of amides is 1. The van der Waals surface area contributed by atoms with Gasteiger partial charge in [-0.25, -0.2) is 0 Å². The maximum atomic E-state index is 12.4. The highest BCUT2D eigenvalue weighted by molar-refractivity contribution is 8.13. The second-order valence-electron chi connectivity index (χ2n) is 4.55. The molecule has 2 rings (SSSR count). The fraction of sp³-hybridized carbons (Fsp3) is 0.467. The number of thioether (sulfide) groups is 1. The molecule has 20 heavy (non-hydrogen) atoms. The van der Waals surface area contributed by atoms with E-state index in [9.17, 15) is 4.79 Å². The summed E-state index contributed by atoms with van der Waals surface area (Å²) < 4.78 is 5.60. The molecular formula is C15H20N2O2S. The molecule has 0 spiro atoms. The molecule has 0 N–H and O–H groups in total. The van der Waals surface area contributed by atoms with Crippen molar-refractivity contribution in [2.24, 2.45) is 4.99 Å². The van der Waals surface area contributed by atoms with Gasteiger partial charge in [0, 0.05) is 12.1 Å². The Balaban J connectivity index is 1.99. The molecule has 108 valence electrons. The molecular weight excluding hydrogens is 272 g/mol. The first-order valence-corrected chi connectivity index (χ1v) is 8.12. The number of carbonyl (C=O) groups excluding carboxylic acids is 1. The van der Waals surface area contributed by atoms with Crippen LogP contribution in [-0.2, 0) is 0 Å². The fourth-order valence-corrected chi connectivity index (χ4v) is 2.59. The van der Waals surface area contributed by atoms with E-state index in [4.69, 9.17) is 4.74 Å². The van der Waals surface area contributed by atoms with Crippen LogP contribution in [0.4, 0.5) is 0 Å². The molecule has 0 saturated carbocycles. The average molecular weight is 292 g/mol. The van der Waals surface area contributed by atoms with Crippen molar-refractivity contribution in [2.45, 2.75) is 19.8 Å². The van der Waals surface area contributed by atoms with Gasteiger partial charge in [0.2, 0.25) is 0 Å². The van der Waals surface area contributed by atoms with Gasteiger partial charge in [0.1, 0.15) is 5.75 Å². The number of nitrogens with zero attached hydrogens (tertiary/aromatic N) is 2. The predicted molar refractivity (Wildman–Crippen MR) is 83.7 cm³/mol. The number of amidine groups is 1. The Labute approximate surface area is 124 Å². The number of aliphatic imine (C=N–C) groups is 1. The second-order valence-corrected chi connectivity index (χ2v) is 5.32. The van der Waals surface area contributed by atoms with Gasteiger partial charge >= 0.3 is 0 Å². The lowest BCUT2D eigenvalue weighted by molar-refractivity contribution is 0.0860. The first-order chi connectivity index (χ1) is 9.76. The minimum atomic E-state index is 0.00991. The van der Waals surface area contributed by atoms with Gasteiger partial charge in [0.15, 0.2) is 5.17 Å². The highest BCUT2D eigenvalue weighted by Gasteiger charge is 2.23. The minimum Gasteiger partial charge on any atom is -0.494 e. The van der Waals surface area contributed by atoms with Crippen molar-refractivity contribution in [3.63, 3.8) is 0 Å². The van der Waals surface area contributed by atoms with E-state index >= 15 is 0 Å². The van der Waals surface area contributed by atoms with Crippen molar-refractivity contribution in [2.75, 3.05) is 26.0 Å². The molecule has 0 radical (unpaired) electrons. The summed E-state index contributed by atoms with van der Waals surface area (Å²) in [5, 5.41) is 0.804. The van der Waals surface area contributed by atoms with Gasteiger partial charge in [-0.1, -0.05) is 25.1 Å². The Bertz CT molecular complexity index is 485. The van der Waals surface area contributed by atoms with Gasteiger partial charge in [0.05, 0.1) is 13.2 Å². The van der Waals surface area contributed by atoms with Gasteiger partial charge in [0.25, 0.3) is 5.91 Å². The molecule has 0 bridgehead atoms. The fourth-order valence-electron chi connectivity index (χ4n) is 1.97. The number of hydrogen-bond donors (Lipinski definition) is 0. The summed E-state index contributed by atoms with van der Waals surface area (Å²) in [6, 6.07) is 7.35. The molecule has 1 amide bonds. The van der Waals surface area contributed by atoms with E-state index in [1.165, 1.54) is 11.8 Å². The Kier molecular flexibility index (Phi) is 5.47. The van der Waals surface area contributed by atoms with Crippen molar-refractivity contribution >= 4 is 22.8 Å². The minimum absolute atomic E-state index is 0.00991. The van der Waals surface area contributed by atoms with Crippen LogP contribution in [0.5, 0.6) is 5.75 Å². The summed E-state index contributed by atoms with van der Waals surface area (Å²) in [6.45, 7) is 4.22. The summed E-state index contributed by atoms with van der Waals surface area (Å²) in [4.78, 5) is 18.4. The molecule has 0 saturated heterocycles. The standard InChI is InChI=1S/C15H20N2O2S/c1-3-4-11-19-13-7-5-12(6-8-13)14(18)17-10-9-16-15(17)20-2/h5-8H,3-4,9-11H2,1-2H3. The summed E-state index contributed by atoms with van der Waals surface area (Å²) in [7, 11) is 0. The lowest BCUT2D eigenvalue weighted by Gasteiger charge is -2.17. The molecule has 5 heteroatoms. The Morgan fingerprint density at radius 2 is 2.15 bits per heavy atom. The van der Waals surface area contributed by atoms with Crippen LogP contribution in [0.1, 0.15) is 30.1 Å². The monoisotopic (exact) mass is 292 g/mol. The summed E-state index contributed by atoms with van der Waals surface area (Å²) in [5.41, 5.74) is 0.677. The van der Waals surface area contributed by atoms with Crippen LogP contribution in [0.2, 0.25) is 0 Å². The highest BCUT2D eigenvalue weighted by atomic mass is 32.2. The molecule has 4 nitrogen and oxygen atoms in total. The van der Waals surface area contributed by atoms with Crippen LogP contribution in [0.3, 0.4) is 0 Å². The quantitative estimate of drug-likeness (QED) is 0.783. The predicted octanol–water partition coefficient (Wildman–Crippen LogP) is 3.04. The molecule has 1 aromatic rings. The zero-order valence-electron chi connectivity index (χ0n) is 12.0. The smallest absolute Gasteiger partial charge is 0.259 e. The third-order valence-corrected chi connectivity index (χ3v) is 3.81. The Morgan fingerprint density at radius 1 is 1.40 bits per heavy atom. The van der Waals surface area contributed by atoms with E-state index in [0.29, 0.717) is 18.7 Å². The number of hydrogen-bond acceptors (Lipinski definition) is 4. The number of benzene rings is 1. The van der Waals surface area contributed by atoms with E-state index in [-0.39, 0.29) is 5.91 Å². The Morgan fingerprint density at radius 3 is 2.80 bits per heavy atom. The van der Waals surface area contributed by atoms with Crippen LogP contribution in [0, 0.1) is 0 Å². The molecule has 0 atom stereocenters. The topological polar surface area (TPSA) is 41.9 Å². The van der Waals surface area contributed by atoms with E-state index in [0.717, 1.165) is 30.4 Å². The maximum absolute atomic E-state index is 12.4. The molecule has 1 heterocycles. The number of ether oxygens (including phenoxy) is 1. The SMILES string of the molecule is CCCCOc1ccc(C(=O)N2CCN=C2SC)cc1. The maximum Gasteiger partial charge on any atom is 0.259 e. The third kappa shape index (κ3) is 3.54. The first-order valence-electron chi connectivity index (χ1n) is 6.89. The van der Waals surface area contributed by atoms with Crippen LogP contribution in [0.25, 0.3) is 0 Å². The van der Waals surface area contributed by atoms with Crippen molar-refractivity contribution in [3.8, 4) is 5.75 Å². The number of rotatable bonds is 5. The van der Waals surface area contributed by atoms with Crippen molar-refractivity contribution in [3.05, 3.63) is 29.8 Å². The van der Waals surface area contributed by atoms with Crippen LogP contribution in [0.15, 0.2) is 29.3 Å². The second kappa shape index (κ2) is 7.33. The van der Waals surface area contributed by atoms with Gasteiger partial charge in [-0.15, -0.1) is 0 Å². The third-order valence-electron chi connectivity index (χ3n) is 3.10. The average Bonchev–Trinajstić information content (AvgIpc) is 2.96. The zero-order chi connectivity index (χ0) is 14.4. The number of carbonyl (C=O) groups is 1. The lowest BCUT2D eigenvalue weighted by atomic mass is 10.2. The van der Waals surface area contributed by atoms with Gasteiger partial charge in [-0.3, -0.25) is 14.7 Å². The molecule has 1 aliphatic heterocycles. The summed E-state index contributed by atoms with van der Waals surface area (Å²) in [5.74, 6) is 0.825.